The molecule has 200 valence electrons. The molecule has 0 unspecified atom stereocenters. The second kappa shape index (κ2) is 9.85. The molecule has 1 aliphatic heterocycles. The molecule has 37 heavy (non-hydrogen) atoms. The molecule has 3 aromatic rings. The zero-order chi connectivity index (χ0) is 27.1. The fraction of sp³-hybridized carbons (Fsp3) is 0.500. The molecule has 0 radical (unpaired) electrons. The number of aliphatic hydroxyl groups is 1. The van der Waals surface area contributed by atoms with Crippen LogP contribution in [0.25, 0.3) is 11.3 Å². The average molecular weight is 550 g/mol. The van der Waals surface area contributed by atoms with Crippen LogP contribution >= 0.6 is 11.3 Å². The lowest BCUT2D eigenvalue weighted by atomic mass is 10.1. The molecule has 4 heterocycles. The Balaban J connectivity index is 1.60. The molecule has 4 rings (SSSR count). The number of anilines is 1. The Labute approximate surface area is 209 Å². The van der Waals surface area contributed by atoms with E-state index in [0.29, 0.717) is 23.0 Å². The molecule has 1 amide bonds. The highest BCUT2D eigenvalue weighted by molar-refractivity contribution is 7.16. The Hall–Kier alpha value is -3.34. The summed E-state index contributed by atoms with van der Waals surface area (Å²) in [7, 11) is 0. The molecule has 10 nitrogen and oxygen atoms in total. The van der Waals surface area contributed by atoms with Crippen molar-refractivity contribution in [3.63, 3.8) is 0 Å². The minimum Gasteiger partial charge on any atom is -0.394 e. The van der Waals surface area contributed by atoms with E-state index in [1.54, 1.807) is 13.8 Å². The zero-order valence-electron chi connectivity index (χ0n) is 19.4. The molecule has 0 aliphatic carbocycles. The Kier molecular flexibility index (Phi) is 7.11. The number of hydrogen-bond acceptors (Lipinski definition) is 9. The van der Waals surface area contributed by atoms with Crippen LogP contribution in [-0.2, 0) is 23.7 Å². The highest BCUT2D eigenvalue weighted by atomic mass is 32.1. The average Bonchev–Trinajstić information content (AvgIpc) is 3.41. The second-order valence-corrected chi connectivity index (χ2v) is 9.17. The predicted molar refractivity (Wildman–Crippen MR) is 117 cm³/mol. The van der Waals surface area contributed by atoms with Crippen LogP contribution < -0.4 is 4.90 Å². The van der Waals surface area contributed by atoms with Crippen LogP contribution in [0.4, 0.5) is 31.3 Å². The standard InChI is InChI=1S/C20H20F6N8O2S/c1-10-29-11(2)34(31-10)8-14(36)33-4-3-32(7-13(33)9-35)16-15(30-18(37-16)20(24,25)26)12-5-27-17(28-6-12)19(21,22)23/h5-6,13,35H,3-4,7-9H2,1-2H3/t13-/m1/s1. The van der Waals surface area contributed by atoms with Crippen LogP contribution in [0.3, 0.4) is 0 Å². The monoisotopic (exact) mass is 550 g/mol. The van der Waals surface area contributed by atoms with Gasteiger partial charge in [0.2, 0.25) is 16.7 Å². The van der Waals surface area contributed by atoms with E-state index in [1.165, 1.54) is 14.5 Å². The summed E-state index contributed by atoms with van der Waals surface area (Å²) in [6.07, 6.45) is -8.09. The van der Waals surface area contributed by atoms with Crippen molar-refractivity contribution in [3.05, 3.63) is 34.9 Å². The Morgan fingerprint density at radius 2 is 1.76 bits per heavy atom. The van der Waals surface area contributed by atoms with Gasteiger partial charge in [0.1, 0.15) is 28.9 Å². The van der Waals surface area contributed by atoms with E-state index >= 15 is 0 Å². The highest BCUT2D eigenvalue weighted by Gasteiger charge is 2.39. The fourth-order valence-electron chi connectivity index (χ4n) is 3.89. The summed E-state index contributed by atoms with van der Waals surface area (Å²) in [4.78, 5) is 30.0. The molecule has 1 aliphatic rings. The normalized spacial score (nSPS) is 16.9. The number of carbonyl (C=O) groups is 1. The number of aliphatic hydroxyl groups excluding tert-OH is 1. The number of piperazine rings is 1. The Morgan fingerprint density at radius 3 is 2.30 bits per heavy atom. The Morgan fingerprint density at radius 1 is 1.08 bits per heavy atom. The number of aromatic nitrogens is 6. The summed E-state index contributed by atoms with van der Waals surface area (Å²) >= 11 is 0.312. The lowest BCUT2D eigenvalue weighted by Crippen LogP contribution is -2.57. The number of halogens is 6. The SMILES string of the molecule is Cc1nc(C)n(CC(=O)N2CCN(c3sc(C(F)(F)F)nc3-c3cnc(C(F)(F)F)nc3)C[C@@H]2CO)n1. The van der Waals surface area contributed by atoms with Crippen molar-refractivity contribution in [2.45, 2.75) is 38.8 Å². The van der Waals surface area contributed by atoms with Crippen LogP contribution in [0.15, 0.2) is 12.4 Å². The molecule has 0 saturated carbocycles. The van der Waals surface area contributed by atoms with Crippen molar-refractivity contribution in [2.75, 3.05) is 31.1 Å². The maximum absolute atomic E-state index is 13.5. The summed E-state index contributed by atoms with van der Waals surface area (Å²) in [5, 5.41) is 12.9. The first-order valence-corrected chi connectivity index (χ1v) is 11.6. The lowest BCUT2D eigenvalue weighted by Gasteiger charge is -2.41. The fourth-order valence-corrected chi connectivity index (χ4v) is 4.88. The molecule has 0 aromatic carbocycles. The Bertz CT molecular complexity index is 1270. The summed E-state index contributed by atoms with van der Waals surface area (Å²) < 4.78 is 80.4. The first-order valence-electron chi connectivity index (χ1n) is 10.8. The highest BCUT2D eigenvalue weighted by Crippen LogP contribution is 2.43. The van der Waals surface area contributed by atoms with Crippen molar-refractivity contribution in [1.82, 2.24) is 34.6 Å². The van der Waals surface area contributed by atoms with Crippen LogP contribution in [0.1, 0.15) is 22.5 Å². The summed E-state index contributed by atoms with van der Waals surface area (Å²) in [5.74, 6) is -0.783. The van der Waals surface area contributed by atoms with Gasteiger partial charge in [0.15, 0.2) is 0 Å². The molecular formula is C20H20F6N8O2S. The van der Waals surface area contributed by atoms with Gasteiger partial charge < -0.3 is 14.9 Å². The third kappa shape index (κ3) is 5.66. The molecule has 0 bridgehead atoms. The van der Waals surface area contributed by atoms with E-state index in [4.69, 9.17) is 0 Å². The van der Waals surface area contributed by atoms with Gasteiger partial charge in [-0.2, -0.15) is 31.4 Å². The molecule has 1 atom stereocenters. The van der Waals surface area contributed by atoms with Gasteiger partial charge in [-0.05, 0) is 13.8 Å². The van der Waals surface area contributed by atoms with Gasteiger partial charge in [0.05, 0.1) is 12.6 Å². The smallest absolute Gasteiger partial charge is 0.394 e. The van der Waals surface area contributed by atoms with Gasteiger partial charge in [-0.3, -0.25) is 4.79 Å². The number of nitrogens with zero attached hydrogens (tertiary/aromatic N) is 8. The van der Waals surface area contributed by atoms with Gasteiger partial charge in [-0.25, -0.2) is 24.6 Å². The molecule has 3 aromatic heterocycles. The summed E-state index contributed by atoms with van der Waals surface area (Å²) in [5.41, 5.74) is -0.373. The van der Waals surface area contributed by atoms with Gasteiger partial charge in [0, 0.05) is 37.6 Å². The number of amides is 1. The molecule has 0 spiro atoms. The van der Waals surface area contributed by atoms with Crippen LogP contribution in [-0.4, -0.2) is 77.9 Å². The largest absolute Gasteiger partial charge is 0.451 e. The molecule has 1 fully saturated rings. The first-order chi connectivity index (χ1) is 17.3. The third-order valence-electron chi connectivity index (χ3n) is 5.58. The number of carbonyl (C=O) groups excluding carboxylic acids is 1. The quantitative estimate of drug-likeness (QED) is 0.483. The lowest BCUT2D eigenvalue weighted by molar-refractivity contribution is -0.145. The van der Waals surface area contributed by atoms with Crippen molar-refractivity contribution < 1.29 is 36.2 Å². The molecule has 1 saturated heterocycles. The molecule has 17 heteroatoms. The van der Waals surface area contributed by atoms with Crippen LogP contribution in [0.2, 0.25) is 0 Å². The number of aryl methyl sites for hydroxylation is 2. The van der Waals surface area contributed by atoms with Gasteiger partial charge in [-0.1, -0.05) is 11.3 Å². The third-order valence-corrected chi connectivity index (χ3v) is 6.74. The van der Waals surface area contributed by atoms with Crippen LogP contribution in [0, 0.1) is 13.8 Å². The van der Waals surface area contributed by atoms with E-state index in [-0.39, 0.29) is 48.3 Å². The van der Waals surface area contributed by atoms with E-state index < -0.39 is 35.8 Å². The summed E-state index contributed by atoms with van der Waals surface area (Å²) in [6.45, 7) is 2.88. The van der Waals surface area contributed by atoms with Gasteiger partial charge >= 0.3 is 12.4 Å². The van der Waals surface area contributed by atoms with E-state index in [0.717, 1.165) is 12.4 Å². The van der Waals surface area contributed by atoms with E-state index in [2.05, 4.69) is 25.0 Å². The molecular weight excluding hydrogens is 530 g/mol. The number of alkyl halides is 6. The van der Waals surface area contributed by atoms with Crippen molar-refractivity contribution in [2.24, 2.45) is 0 Å². The topological polar surface area (TPSA) is 113 Å². The zero-order valence-corrected chi connectivity index (χ0v) is 20.2. The minimum absolute atomic E-state index is 0.0176. The second-order valence-electron chi connectivity index (χ2n) is 8.20. The molecule has 1 N–H and O–H groups in total. The minimum atomic E-state index is -4.82. The number of rotatable bonds is 5. The van der Waals surface area contributed by atoms with E-state index in [9.17, 15) is 36.2 Å². The predicted octanol–water partition coefficient (Wildman–Crippen LogP) is 2.56. The van der Waals surface area contributed by atoms with Crippen LogP contribution in [0.5, 0.6) is 0 Å². The summed E-state index contributed by atoms with van der Waals surface area (Å²) in [6, 6.07) is -0.765. The van der Waals surface area contributed by atoms with E-state index in [1.807, 2.05) is 0 Å². The van der Waals surface area contributed by atoms with Gasteiger partial charge in [0.25, 0.3) is 0 Å². The van der Waals surface area contributed by atoms with Crippen molar-refractivity contribution in [3.8, 4) is 11.3 Å². The maximum Gasteiger partial charge on any atom is 0.451 e. The number of hydrogen-bond donors (Lipinski definition) is 1. The van der Waals surface area contributed by atoms with Crippen molar-refractivity contribution in [1.29, 1.82) is 0 Å². The maximum atomic E-state index is 13.5. The number of thiazole rings is 1. The van der Waals surface area contributed by atoms with Crippen molar-refractivity contribution >= 4 is 22.2 Å². The van der Waals surface area contributed by atoms with Gasteiger partial charge in [-0.15, -0.1) is 0 Å². The first kappa shape index (κ1) is 26.7.